The molecule has 0 aromatic heterocycles. The van der Waals surface area contributed by atoms with E-state index < -0.39 is 0 Å². The van der Waals surface area contributed by atoms with Gasteiger partial charge in [-0.25, -0.2) is 4.79 Å². The highest BCUT2D eigenvalue weighted by Gasteiger charge is 2.12. The van der Waals surface area contributed by atoms with E-state index in [1.807, 2.05) is 37.3 Å². The third kappa shape index (κ3) is 3.37. The summed E-state index contributed by atoms with van der Waals surface area (Å²) in [6, 6.07) is 13.2. The standard InChI is InChI=1S/C19H18O4/c1-13(11-14-3-5-15(6-4-14)19(20)21-2)16-7-8-17-18(12-16)23-10-9-22-17/h3-8,11-12H,9-10H2,1-2H3. The van der Waals surface area contributed by atoms with Crippen LogP contribution < -0.4 is 9.47 Å². The number of esters is 1. The SMILES string of the molecule is COC(=O)c1ccc(C=C(C)c2ccc3c(c2)OCCO3)cc1. The van der Waals surface area contributed by atoms with Gasteiger partial charge in [0, 0.05) is 0 Å². The Morgan fingerprint density at radius 2 is 1.65 bits per heavy atom. The lowest BCUT2D eigenvalue weighted by atomic mass is 10.0. The van der Waals surface area contributed by atoms with Crippen molar-refractivity contribution >= 4 is 17.6 Å². The van der Waals surface area contributed by atoms with Crippen LogP contribution in [0.15, 0.2) is 42.5 Å². The molecule has 4 nitrogen and oxygen atoms in total. The molecule has 1 heterocycles. The zero-order valence-electron chi connectivity index (χ0n) is 13.2. The van der Waals surface area contributed by atoms with Crippen molar-refractivity contribution in [3.63, 3.8) is 0 Å². The quantitative estimate of drug-likeness (QED) is 0.639. The van der Waals surface area contributed by atoms with E-state index in [0.717, 1.165) is 28.2 Å². The molecule has 0 amide bonds. The number of rotatable bonds is 3. The predicted octanol–water partition coefficient (Wildman–Crippen LogP) is 3.80. The summed E-state index contributed by atoms with van der Waals surface area (Å²) in [5, 5.41) is 0. The smallest absolute Gasteiger partial charge is 0.337 e. The highest BCUT2D eigenvalue weighted by molar-refractivity contribution is 5.90. The molecule has 0 fully saturated rings. The van der Waals surface area contributed by atoms with Gasteiger partial charge in [-0.1, -0.05) is 24.3 Å². The highest BCUT2D eigenvalue weighted by Crippen LogP contribution is 2.33. The zero-order valence-corrected chi connectivity index (χ0v) is 13.2. The largest absolute Gasteiger partial charge is 0.486 e. The van der Waals surface area contributed by atoms with Gasteiger partial charge >= 0.3 is 5.97 Å². The van der Waals surface area contributed by atoms with Gasteiger partial charge < -0.3 is 14.2 Å². The fraction of sp³-hybridized carbons (Fsp3) is 0.211. The number of carbonyl (C=O) groups is 1. The topological polar surface area (TPSA) is 44.8 Å². The first-order chi connectivity index (χ1) is 11.2. The first-order valence-corrected chi connectivity index (χ1v) is 7.44. The molecule has 0 saturated heterocycles. The van der Waals surface area contributed by atoms with Crippen LogP contribution in [0.4, 0.5) is 0 Å². The first-order valence-electron chi connectivity index (χ1n) is 7.44. The number of ether oxygens (including phenoxy) is 3. The van der Waals surface area contributed by atoms with E-state index in [2.05, 4.69) is 6.08 Å². The summed E-state index contributed by atoms with van der Waals surface area (Å²) in [7, 11) is 1.38. The number of carbonyl (C=O) groups excluding carboxylic acids is 1. The summed E-state index contributed by atoms with van der Waals surface area (Å²) >= 11 is 0. The number of allylic oxidation sites excluding steroid dienone is 1. The van der Waals surface area contributed by atoms with E-state index >= 15 is 0 Å². The molecular weight excluding hydrogens is 292 g/mol. The van der Waals surface area contributed by atoms with E-state index in [4.69, 9.17) is 14.2 Å². The molecule has 2 aromatic carbocycles. The monoisotopic (exact) mass is 310 g/mol. The second-order valence-electron chi connectivity index (χ2n) is 5.30. The number of hydrogen-bond acceptors (Lipinski definition) is 4. The van der Waals surface area contributed by atoms with Gasteiger partial charge in [0.1, 0.15) is 13.2 Å². The second kappa shape index (κ2) is 6.57. The Labute approximate surface area is 135 Å². The molecule has 1 aliphatic heterocycles. The average Bonchev–Trinajstić information content (AvgIpc) is 2.61. The van der Waals surface area contributed by atoms with E-state index in [-0.39, 0.29) is 5.97 Å². The van der Waals surface area contributed by atoms with E-state index in [1.165, 1.54) is 7.11 Å². The minimum Gasteiger partial charge on any atom is -0.486 e. The van der Waals surface area contributed by atoms with E-state index in [1.54, 1.807) is 12.1 Å². The number of benzene rings is 2. The summed E-state index contributed by atoms with van der Waals surface area (Å²) in [5.41, 5.74) is 3.74. The molecule has 2 aromatic rings. The highest BCUT2D eigenvalue weighted by atomic mass is 16.6. The van der Waals surface area contributed by atoms with Crippen molar-refractivity contribution < 1.29 is 19.0 Å². The van der Waals surface area contributed by atoms with Crippen LogP contribution in [0, 0.1) is 0 Å². The normalized spacial score (nSPS) is 13.6. The Morgan fingerprint density at radius 1 is 1.00 bits per heavy atom. The van der Waals surface area contributed by atoms with Crippen LogP contribution in [0.3, 0.4) is 0 Å². The maximum absolute atomic E-state index is 11.4. The lowest BCUT2D eigenvalue weighted by Gasteiger charge is -2.19. The summed E-state index contributed by atoms with van der Waals surface area (Å²) in [6.45, 7) is 3.21. The van der Waals surface area contributed by atoms with Gasteiger partial charge in [-0.3, -0.25) is 0 Å². The van der Waals surface area contributed by atoms with Gasteiger partial charge in [-0.2, -0.15) is 0 Å². The molecule has 0 spiro atoms. The average molecular weight is 310 g/mol. The molecule has 0 aliphatic carbocycles. The fourth-order valence-electron chi connectivity index (χ4n) is 2.46. The lowest BCUT2D eigenvalue weighted by molar-refractivity contribution is 0.0600. The molecular formula is C19H18O4. The van der Waals surface area contributed by atoms with Crippen LogP contribution in [0.1, 0.15) is 28.4 Å². The van der Waals surface area contributed by atoms with Gasteiger partial charge in [0.25, 0.3) is 0 Å². The molecule has 23 heavy (non-hydrogen) atoms. The Kier molecular flexibility index (Phi) is 4.33. The molecule has 1 aliphatic rings. The second-order valence-corrected chi connectivity index (χ2v) is 5.30. The van der Waals surface area contributed by atoms with Crippen LogP contribution in [0.25, 0.3) is 11.6 Å². The first kappa shape index (κ1) is 15.2. The van der Waals surface area contributed by atoms with Crippen LogP contribution >= 0.6 is 0 Å². The molecule has 3 rings (SSSR count). The Morgan fingerprint density at radius 3 is 2.35 bits per heavy atom. The molecule has 0 saturated carbocycles. The van der Waals surface area contributed by atoms with Crippen LogP contribution in [0.5, 0.6) is 11.5 Å². The number of hydrogen-bond donors (Lipinski definition) is 0. The van der Waals surface area contributed by atoms with E-state index in [9.17, 15) is 4.79 Å². The van der Waals surface area contributed by atoms with Gasteiger partial charge in [-0.15, -0.1) is 0 Å². The van der Waals surface area contributed by atoms with Crippen molar-refractivity contribution in [2.45, 2.75) is 6.92 Å². The van der Waals surface area contributed by atoms with Gasteiger partial charge in [-0.05, 0) is 47.9 Å². The van der Waals surface area contributed by atoms with Gasteiger partial charge in [0.2, 0.25) is 0 Å². The Bertz CT molecular complexity index is 744. The van der Waals surface area contributed by atoms with Crippen molar-refractivity contribution in [1.82, 2.24) is 0 Å². The molecule has 0 radical (unpaired) electrons. The molecule has 0 N–H and O–H groups in total. The van der Waals surface area contributed by atoms with Crippen molar-refractivity contribution in [1.29, 1.82) is 0 Å². The van der Waals surface area contributed by atoms with Crippen LogP contribution in [0.2, 0.25) is 0 Å². The molecule has 118 valence electrons. The molecule has 4 heteroatoms. The minimum absolute atomic E-state index is 0.330. The summed E-state index contributed by atoms with van der Waals surface area (Å²) < 4.78 is 15.8. The molecule has 0 atom stereocenters. The van der Waals surface area contributed by atoms with Crippen LogP contribution in [-0.2, 0) is 4.74 Å². The number of fused-ring (bicyclic) bond motifs is 1. The van der Waals surface area contributed by atoms with Crippen molar-refractivity contribution in [2.24, 2.45) is 0 Å². The van der Waals surface area contributed by atoms with Gasteiger partial charge in [0.05, 0.1) is 12.7 Å². The predicted molar refractivity (Wildman–Crippen MR) is 88.8 cm³/mol. The number of methoxy groups -OCH3 is 1. The lowest BCUT2D eigenvalue weighted by Crippen LogP contribution is -2.15. The summed E-state index contributed by atoms with van der Waals surface area (Å²) in [5.74, 6) is 1.24. The van der Waals surface area contributed by atoms with Crippen molar-refractivity contribution in [3.05, 3.63) is 59.2 Å². The molecule has 0 bridgehead atoms. The summed E-state index contributed by atoms with van der Waals surface area (Å²) in [6.07, 6.45) is 2.06. The third-order valence-electron chi connectivity index (χ3n) is 3.71. The van der Waals surface area contributed by atoms with Crippen molar-refractivity contribution in [3.8, 4) is 11.5 Å². The summed E-state index contributed by atoms with van der Waals surface area (Å²) in [4.78, 5) is 11.4. The molecule has 0 unspecified atom stereocenters. The zero-order chi connectivity index (χ0) is 16.2. The van der Waals surface area contributed by atoms with Crippen molar-refractivity contribution in [2.75, 3.05) is 20.3 Å². The Balaban J connectivity index is 1.83. The maximum Gasteiger partial charge on any atom is 0.337 e. The third-order valence-corrected chi connectivity index (χ3v) is 3.71. The maximum atomic E-state index is 11.4. The van der Waals surface area contributed by atoms with Crippen LogP contribution in [-0.4, -0.2) is 26.3 Å². The minimum atomic E-state index is -0.330. The Hall–Kier alpha value is -2.75. The fourth-order valence-corrected chi connectivity index (χ4v) is 2.46. The van der Waals surface area contributed by atoms with Gasteiger partial charge in [0.15, 0.2) is 11.5 Å². The van der Waals surface area contributed by atoms with E-state index in [0.29, 0.717) is 18.8 Å².